The number of aryl methyl sites for hydroxylation is 1. The fraction of sp³-hybridized carbons (Fsp3) is 0.667. The lowest BCUT2D eigenvalue weighted by Gasteiger charge is -2.46. The van der Waals surface area contributed by atoms with Crippen molar-refractivity contribution in [2.24, 2.45) is 5.73 Å². The van der Waals surface area contributed by atoms with Crippen LogP contribution in [0.4, 0.5) is 0 Å². The molecule has 0 bridgehead atoms. The molecule has 0 amide bonds. The first-order chi connectivity index (χ1) is 9.70. The van der Waals surface area contributed by atoms with Gasteiger partial charge < -0.3 is 5.73 Å². The summed E-state index contributed by atoms with van der Waals surface area (Å²) in [5.74, 6) is 0. The molecule has 2 N–H and O–H groups in total. The summed E-state index contributed by atoms with van der Waals surface area (Å²) < 4.78 is 0. The molecule has 0 saturated heterocycles. The van der Waals surface area contributed by atoms with Crippen LogP contribution in [0.2, 0.25) is 0 Å². The Balaban J connectivity index is 2.14. The van der Waals surface area contributed by atoms with E-state index >= 15 is 0 Å². The largest absolute Gasteiger partial charge is 0.329 e. The molecule has 0 spiro atoms. The van der Waals surface area contributed by atoms with Crippen molar-refractivity contribution >= 4 is 0 Å². The van der Waals surface area contributed by atoms with Gasteiger partial charge in [-0.05, 0) is 38.3 Å². The fourth-order valence-corrected chi connectivity index (χ4v) is 3.53. The molecule has 1 aromatic rings. The summed E-state index contributed by atoms with van der Waals surface area (Å²) in [6, 6.07) is 8.97. The summed E-state index contributed by atoms with van der Waals surface area (Å²) in [4.78, 5) is 2.66. The lowest BCUT2D eigenvalue weighted by atomic mass is 9.80. The lowest BCUT2D eigenvalue weighted by molar-refractivity contribution is 0.0495. The monoisotopic (exact) mass is 274 g/mol. The predicted molar refractivity (Wildman–Crippen MR) is 86.8 cm³/mol. The van der Waals surface area contributed by atoms with Crippen LogP contribution in [0.1, 0.15) is 56.6 Å². The molecule has 20 heavy (non-hydrogen) atoms. The van der Waals surface area contributed by atoms with Gasteiger partial charge >= 0.3 is 0 Å². The first-order valence-electron chi connectivity index (χ1n) is 8.21. The maximum atomic E-state index is 6.21. The Morgan fingerprint density at radius 2 is 1.75 bits per heavy atom. The smallest absolute Gasteiger partial charge is 0.0335 e. The Hall–Kier alpha value is -0.860. The molecule has 0 aromatic heterocycles. The lowest BCUT2D eigenvalue weighted by Crippen LogP contribution is -2.54. The summed E-state index contributed by atoms with van der Waals surface area (Å²) in [6.07, 6.45) is 7.81. The number of hydrogen-bond acceptors (Lipinski definition) is 2. The van der Waals surface area contributed by atoms with Crippen LogP contribution in [0, 0.1) is 6.92 Å². The van der Waals surface area contributed by atoms with E-state index < -0.39 is 0 Å². The molecule has 1 aliphatic carbocycles. The van der Waals surface area contributed by atoms with Crippen molar-refractivity contribution in [3.8, 4) is 0 Å². The van der Waals surface area contributed by atoms with Gasteiger partial charge in [-0.3, -0.25) is 4.90 Å². The number of rotatable bonds is 6. The highest BCUT2D eigenvalue weighted by molar-refractivity contribution is 5.21. The van der Waals surface area contributed by atoms with Crippen LogP contribution in [0.5, 0.6) is 0 Å². The molecule has 2 rings (SSSR count). The van der Waals surface area contributed by atoms with Crippen molar-refractivity contribution in [1.29, 1.82) is 0 Å². The predicted octanol–water partition coefficient (Wildman–Crippen LogP) is 3.87. The van der Waals surface area contributed by atoms with E-state index in [1.165, 1.54) is 49.7 Å². The molecule has 0 atom stereocenters. The minimum Gasteiger partial charge on any atom is -0.329 e. The van der Waals surface area contributed by atoms with E-state index in [0.29, 0.717) is 0 Å². The Bertz CT molecular complexity index is 390. The Morgan fingerprint density at radius 3 is 2.30 bits per heavy atom. The number of benzene rings is 1. The van der Waals surface area contributed by atoms with Crippen LogP contribution in [-0.4, -0.2) is 23.5 Å². The average molecular weight is 274 g/mol. The van der Waals surface area contributed by atoms with Gasteiger partial charge in [-0.1, -0.05) is 56.0 Å². The van der Waals surface area contributed by atoms with E-state index in [-0.39, 0.29) is 5.54 Å². The molecule has 0 unspecified atom stereocenters. The fourth-order valence-electron chi connectivity index (χ4n) is 3.53. The van der Waals surface area contributed by atoms with E-state index in [0.717, 1.165) is 19.6 Å². The highest BCUT2D eigenvalue weighted by Crippen LogP contribution is 2.34. The van der Waals surface area contributed by atoms with Gasteiger partial charge in [0.1, 0.15) is 0 Å². The maximum absolute atomic E-state index is 6.21. The molecule has 2 heteroatoms. The summed E-state index contributed by atoms with van der Waals surface area (Å²) >= 11 is 0. The average Bonchev–Trinajstić information content (AvgIpc) is 2.49. The zero-order chi connectivity index (χ0) is 14.4. The molecule has 2 nitrogen and oxygen atoms in total. The normalized spacial score (nSPS) is 18.4. The number of hydrogen-bond donors (Lipinski definition) is 1. The Labute approximate surface area is 124 Å². The van der Waals surface area contributed by atoms with Crippen LogP contribution in [0.15, 0.2) is 24.3 Å². The number of nitrogens with two attached hydrogens (primary N) is 1. The van der Waals surface area contributed by atoms with Crippen molar-refractivity contribution in [2.75, 3.05) is 13.1 Å². The zero-order valence-electron chi connectivity index (χ0n) is 13.2. The van der Waals surface area contributed by atoms with E-state index in [1.807, 2.05) is 0 Å². The van der Waals surface area contributed by atoms with Crippen LogP contribution in [0.3, 0.4) is 0 Å². The molecular formula is C18H30N2. The molecule has 0 aliphatic heterocycles. The first kappa shape index (κ1) is 15.5. The molecule has 1 aromatic carbocycles. The van der Waals surface area contributed by atoms with Gasteiger partial charge in [0, 0.05) is 18.6 Å². The van der Waals surface area contributed by atoms with Gasteiger partial charge in [-0.2, -0.15) is 0 Å². The third-order valence-corrected chi connectivity index (χ3v) is 4.82. The van der Waals surface area contributed by atoms with Crippen molar-refractivity contribution in [3.05, 3.63) is 35.4 Å². The van der Waals surface area contributed by atoms with Crippen molar-refractivity contribution in [3.63, 3.8) is 0 Å². The van der Waals surface area contributed by atoms with Crippen LogP contribution < -0.4 is 5.73 Å². The van der Waals surface area contributed by atoms with Gasteiger partial charge in [-0.25, -0.2) is 0 Å². The maximum Gasteiger partial charge on any atom is 0.0335 e. The second-order valence-electron chi connectivity index (χ2n) is 6.40. The highest BCUT2D eigenvalue weighted by Gasteiger charge is 2.36. The molecule has 1 saturated carbocycles. The summed E-state index contributed by atoms with van der Waals surface area (Å²) in [5.41, 5.74) is 9.21. The zero-order valence-corrected chi connectivity index (χ0v) is 13.2. The summed E-state index contributed by atoms with van der Waals surface area (Å²) in [5, 5.41) is 0. The third-order valence-electron chi connectivity index (χ3n) is 4.82. The Morgan fingerprint density at radius 1 is 1.10 bits per heavy atom. The molecule has 1 aliphatic rings. The van der Waals surface area contributed by atoms with Crippen LogP contribution >= 0.6 is 0 Å². The first-order valence-corrected chi connectivity index (χ1v) is 8.21. The summed E-state index contributed by atoms with van der Waals surface area (Å²) in [7, 11) is 0. The minimum atomic E-state index is 0.249. The topological polar surface area (TPSA) is 29.3 Å². The molecule has 1 fully saturated rings. The van der Waals surface area contributed by atoms with Crippen molar-refractivity contribution in [2.45, 2.75) is 64.5 Å². The second kappa shape index (κ2) is 7.24. The SMILES string of the molecule is CCCN(Cc1ccc(C)cc1)C1(CN)CCCCC1. The standard InChI is InChI=1S/C18H30N2/c1-3-13-20(14-17-9-7-16(2)8-10-17)18(15-19)11-5-4-6-12-18/h7-10H,3-6,11-15,19H2,1-2H3. The molecule has 0 radical (unpaired) electrons. The van der Waals surface area contributed by atoms with E-state index in [4.69, 9.17) is 5.73 Å². The van der Waals surface area contributed by atoms with Gasteiger partial charge in [0.05, 0.1) is 0 Å². The summed E-state index contributed by atoms with van der Waals surface area (Å²) in [6.45, 7) is 7.43. The second-order valence-corrected chi connectivity index (χ2v) is 6.40. The van der Waals surface area contributed by atoms with Crippen molar-refractivity contribution in [1.82, 2.24) is 4.90 Å². The van der Waals surface area contributed by atoms with E-state index in [9.17, 15) is 0 Å². The highest BCUT2D eigenvalue weighted by atomic mass is 15.2. The van der Waals surface area contributed by atoms with Gasteiger partial charge in [-0.15, -0.1) is 0 Å². The molecule has 0 heterocycles. The van der Waals surface area contributed by atoms with Gasteiger partial charge in [0.15, 0.2) is 0 Å². The quantitative estimate of drug-likeness (QED) is 0.853. The Kier molecular flexibility index (Phi) is 5.62. The third kappa shape index (κ3) is 3.62. The van der Waals surface area contributed by atoms with Gasteiger partial charge in [0.2, 0.25) is 0 Å². The molecular weight excluding hydrogens is 244 g/mol. The molecule has 112 valence electrons. The van der Waals surface area contributed by atoms with Crippen LogP contribution in [-0.2, 0) is 6.54 Å². The van der Waals surface area contributed by atoms with Crippen LogP contribution in [0.25, 0.3) is 0 Å². The van der Waals surface area contributed by atoms with E-state index in [1.54, 1.807) is 0 Å². The van der Waals surface area contributed by atoms with E-state index in [2.05, 4.69) is 43.0 Å². The van der Waals surface area contributed by atoms with Gasteiger partial charge in [0.25, 0.3) is 0 Å². The minimum absolute atomic E-state index is 0.249. The van der Waals surface area contributed by atoms with Crippen molar-refractivity contribution < 1.29 is 0 Å². The number of nitrogens with zero attached hydrogens (tertiary/aromatic N) is 1.